The highest BCUT2D eigenvalue weighted by atomic mass is 16.5. The lowest BCUT2D eigenvalue weighted by Gasteiger charge is -2.23. The summed E-state index contributed by atoms with van der Waals surface area (Å²) in [6.45, 7) is 2.33. The van der Waals surface area contributed by atoms with Crippen LogP contribution in [0.25, 0.3) is 84.0 Å². The van der Waals surface area contributed by atoms with Gasteiger partial charge in [-0.2, -0.15) is 0 Å². The van der Waals surface area contributed by atoms with Gasteiger partial charge in [0.1, 0.15) is 11.9 Å². The van der Waals surface area contributed by atoms with Crippen molar-refractivity contribution in [1.82, 2.24) is 15.0 Å². The fourth-order valence-corrected chi connectivity index (χ4v) is 9.01. The molecule has 1 aliphatic heterocycles. The second-order valence-electron chi connectivity index (χ2n) is 15.0. The van der Waals surface area contributed by atoms with Crippen molar-refractivity contribution in [3.63, 3.8) is 0 Å². The van der Waals surface area contributed by atoms with Crippen molar-refractivity contribution in [3.8, 4) is 62.2 Å². The fourth-order valence-electron chi connectivity index (χ4n) is 9.01. The summed E-state index contributed by atoms with van der Waals surface area (Å²) in [5.74, 6) is 3.21. The molecule has 0 amide bonds. The highest BCUT2D eigenvalue weighted by molar-refractivity contribution is 6.10. The molecule has 3 aliphatic rings. The van der Waals surface area contributed by atoms with Gasteiger partial charge in [0.25, 0.3) is 0 Å². The maximum absolute atomic E-state index is 6.71. The molecule has 0 spiro atoms. The number of nitrogens with zero attached hydrogens (tertiary/aromatic N) is 3. The van der Waals surface area contributed by atoms with Gasteiger partial charge in [0.05, 0.1) is 5.56 Å². The van der Waals surface area contributed by atoms with Crippen LogP contribution in [0, 0.1) is 0 Å². The lowest BCUT2D eigenvalue weighted by atomic mass is 9.81. The second-order valence-corrected chi connectivity index (χ2v) is 15.0. The molecule has 0 bridgehead atoms. The van der Waals surface area contributed by atoms with E-state index in [4.69, 9.17) is 19.7 Å². The standard InChI is InChI=1S/C52H37N3O/c1-32-15-13-25-38-37-21-8-9-22-39(37)46(31-45(32)38)41-30-29-34-18-5-6-20-36(34)48(41)52-54-50(43-24-10-7-19-35(43)33-16-3-2-4-17-33)53-51(55-52)44-27-14-26-42-40-23-11-12-28-47(40)56-49(42)44/h2-14,16-32,40,47H,15H2,1H3. The van der Waals surface area contributed by atoms with Crippen LogP contribution >= 0.6 is 0 Å². The number of para-hydroxylation sites is 1. The molecule has 2 aliphatic carbocycles. The maximum atomic E-state index is 6.71. The van der Waals surface area contributed by atoms with Crippen molar-refractivity contribution in [2.75, 3.05) is 0 Å². The molecule has 8 aromatic rings. The smallest absolute Gasteiger partial charge is 0.167 e. The zero-order chi connectivity index (χ0) is 37.2. The lowest BCUT2D eigenvalue weighted by molar-refractivity contribution is 0.269. The van der Waals surface area contributed by atoms with E-state index in [1.165, 1.54) is 27.5 Å². The maximum Gasteiger partial charge on any atom is 0.167 e. The third kappa shape index (κ3) is 5.25. The summed E-state index contributed by atoms with van der Waals surface area (Å²) in [7, 11) is 0. The highest BCUT2D eigenvalue weighted by Gasteiger charge is 2.35. The largest absolute Gasteiger partial charge is 0.484 e. The Balaban J connectivity index is 1.22. The average molecular weight is 720 g/mol. The van der Waals surface area contributed by atoms with Gasteiger partial charge in [0, 0.05) is 22.6 Å². The van der Waals surface area contributed by atoms with Gasteiger partial charge < -0.3 is 4.74 Å². The van der Waals surface area contributed by atoms with Crippen molar-refractivity contribution in [3.05, 3.63) is 187 Å². The number of allylic oxidation sites excluding steroid dienone is 3. The van der Waals surface area contributed by atoms with Gasteiger partial charge in [0.2, 0.25) is 0 Å². The van der Waals surface area contributed by atoms with E-state index in [1.807, 2.05) is 6.07 Å². The van der Waals surface area contributed by atoms with Crippen LogP contribution in [0.4, 0.5) is 0 Å². The molecule has 0 N–H and O–H groups in total. The Morgan fingerprint density at radius 3 is 2.11 bits per heavy atom. The Labute approximate surface area is 326 Å². The summed E-state index contributed by atoms with van der Waals surface area (Å²) >= 11 is 0. The number of aromatic nitrogens is 3. The molecule has 2 heterocycles. The Morgan fingerprint density at radius 1 is 0.536 bits per heavy atom. The topological polar surface area (TPSA) is 47.9 Å². The molecule has 7 aromatic carbocycles. The monoisotopic (exact) mass is 719 g/mol. The van der Waals surface area contributed by atoms with Gasteiger partial charge in [-0.1, -0.05) is 165 Å². The zero-order valence-electron chi connectivity index (χ0n) is 30.9. The molecular weight excluding hydrogens is 683 g/mol. The number of ether oxygens (including phenoxy) is 1. The minimum Gasteiger partial charge on any atom is -0.484 e. The first-order chi connectivity index (χ1) is 27.7. The predicted octanol–water partition coefficient (Wildman–Crippen LogP) is 13.0. The van der Waals surface area contributed by atoms with Crippen molar-refractivity contribution >= 4 is 27.6 Å². The van der Waals surface area contributed by atoms with Crippen LogP contribution in [0.3, 0.4) is 0 Å². The summed E-state index contributed by atoms with van der Waals surface area (Å²) in [5.41, 5.74) is 11.1. The van der Waals surface area contributed by atoms with Crippen molar-refractivity contribution in [2.45, 2.75) is 31.3 Å². The van der Waals surface area contributed by atoms with E-state index >= 15 is 0 Å². The number of rotatable bonds is 5. The minimum atomic E-state index is -0.0602. The molecule has 266 valence electrons. The van der Waals surface area contributed by atoms with Gasteiger partial charge in [0.15, 0.2) is 17.5 Å². The quantitative estimate of drug-likeness (QED) is 0.178. The third-order valence-electron chi connectivity index (χ3n) is 11.7. The van der Waals surface area contributed by atoms with Crippen molar-refractivity contribution < 1.29 is 4.74 Å². The van der Waals surface area contributed by atoms with E-state index in [0.717, 1.165) is 61.9 Å². The van der Waals surface area contributed by atoms with Crippen LogP contribution in [-0.4, -0.2) is 21.1 Å². The first-order valence-corrected chi connectivity index (χ1v) is 19.5. The van der Waals surface area contributed by atoms with Crippen LogP contribution in [0.1, 0.15) is 41.9 Å². The summed E-state index contributed by atoms with van der Waals surface area (Å²) in [6, 6.07) is 49.6. The number of fused-ring (bicyclic) bond motifs is 7. The first kappa shape index (κ1) is 32.5. The first-order valence-electron chi connectivity index (χ1n) is 19.5. The normalized spacial score (nSPS) is 17.8. The summed E-state index contributed by atoms with van der Waals surface area (Å²) < 4.78 is 6.71. The number of hydrogen-bond donors (Lipinski definition) is 0. The van der Waals surface area contributed by atoms with E-state index in [1.54, 1.807) is 0 Å². The van der Waals surface area contributed by atoms with Crippen LogP contribution in [0.15, 0.2) is 170 Å². The van der Waals surface area contributed by atoms with Crippen LogP contribution < -0.4 is 4.74 Å². The highest BCUT2D eigenvalue weighted by Crippen LogP contribution is 2.48. The SMILES string of the molecule is CC1CC=Cc2c1cc(-c1ccc3ccccc3c1-c1nc(-c3ccccc3-c3ccccc3)nc(-c3cccc4c3OC3C=CC=CC43)n1)c1ccccc21. The number of hydrogen-bond acceptors (Lipinski definition) is 4. The van der Waals surface area contributed by atoms with E-state index in [2.05, 4.69) is 177 Å². The molecule has 0 saturated carbocycles. The fraction of sp³-hybridized carbons (Fsp3) is 0.0962. The predicted molar refractivity (Wildman–Crippen MR) is 230 cm³/mol. The molecule has 11 rings (SSSR count). The van der Waals surface area contributed by atoms with E-state index in [0.29, 0.717) is 23.4 Å². The molecule has 4 nitrogen and oxygen atoms in total. The second kappa shape index (κ2) is 13.1. The summed E-state index contributed by atoms with van der Waals surface area (Å²) in [5, 5.41) is 4.69. The molecule has 0 saturated heterocycles. The lowest BCUT2D eigenvalue weighted by Crippen LogP contribution is -2.15. The Bertz CT molecular complexity index is 2960. The molecule has 4 heteroatoms. The number of benzene rings is 7. The molecule has 1 aromatic heterocycles. The summed E-state index contributed by atoms with van der Waals surface area (Å²) in [4.78, 5) is 16.3. The molecule has 0 fully saturated rings. The van der Waals surface area contributed by atoms with E-state index < -0.39 is 0 Å². The molecule has 3 unspecified atom stereocenters. The van der Waals surface area contributed by atoms with Crippen LogP contribution in [0.2, 0.25) is 0 Å². The Kier molecular flexibility index (Phi) is 7.63. The molecule has 56 heavy (non-hydrogen) atoms. The zero-order valence-corrected chi connectivity index (χ0v) is 30.9. The van der Waals surface area contributed by atoms with Gasteiger partial charge in [-0.3, -0.25) is 0 Å². The minimum absolute atomic E-state index is 0.0602. The van der Waals surface area contributed by atoms with Crippen LogP contribution in [-0.2, 0) is 0 Å². The van der Waals surface area contributed by atoms with Crippen molar-refractivity contribution in [1.29, 1.82) is 0 Å². The Morgan fingerprint density at radius 2 is 1.23 bits per heavy atom. The summed E-state index contributed by atoms with van der Waals surface area (Å²) in [6.07, 6.45) is 14.1. The van der Waals surface area contributed by atoms with E-state index in [-0.39, 0.29) is 12.0 Å². The van der Waals surface area contributed by atoms with Gasteiger partial charge in [-0.15, -0.1) is 0 Å². The molecule has 3 atom stereocenters. The van der Waals surface area contributed by atoms with Gasteiger partial charge in [-0.25, -0.2) is 15.0 Å². The van der Waals surface area contributed by atoms with Gasteiger partial charge in [-0.05, 0) is 85.5 Å². The molecular formula is C52H37N3O. The van der Waals surface area contributed by atoms with Crippen LogP contribution in [0.5, 0.6) is 5.75 Å². The third-order valence-corrected chi connectivity index (χ3v) is 11.7. The molecule has 0 radical (unpaired) electrons. The van der Waals surface area contributed by atoms with Gasteiger partial charge >= 0.3 is 0 Å². The Hall–Kier alpha value is -6.91. The van der Waals surface area contributed by atoms with E-state index in [9.17, 15) is 0 Å². The average Bonchev–Trinajstić information content (AvgIpc) is 3.65. The van der Waals surface area contributed by atoms with Crippen molar-refractivity contribution in [2.24, 2.45) is 0 Å².